The standard InChI is InChI=1S/C17H12FNO3/c1-20-15-7-17-16(21-9-22-17)6-13(15)11-4-10-2-3-12(18)5-14(10)19-8-11/h2-8H,9H2,1H3. The van der Waals surface area contributed by atoms with Gasteiger partial charge in [-0.05, 0) is 24.3 Å². The molecule has 1 aromatic heterocycles. The highest BCUT2D eigenvalue weighted by Crippen LogP contribution is 2.42. The van der Waals surface area contributed by atoms with Gasteiger partial charge in [-0.15, -0.1) is 0 Å². The fraction of sp³-hybridized carbons (Fsp3) is 0.118. The Balaban J connectivity index is 1.89. The van der Waals surface area contributed by atoms with Crippen molar-refractivity contribution in [1.82, 2.24) is 4.98 Å². The summed E-state index contributed by atoms with van der Waals surface area (Å²) < 4.78 is 29.4. The molecule has 0 unspecified atom stereocenters. The molecule has 0 saturated carbocycles. The molecule has 4 nitrogen and oxygen atoms in total. The minimum absolute atomic E-state index is 0.206. The van der Waals surface area contributed by atoms with Gasteiger partial charge in [0, 0.05) is 34.8 Å². The average molecular weight is 297 g/mol. The fourth-order valence-corrected chi connectivity index (χ4v) is 2.56. The molecule has 0 atom stereocenters. The van der Waals surface area contributed by atoms with Gasteiger partial charge in [-0.1, -0.05) is 0 Å². The van der Waals surface area contributed by atoms with Gasteiger partial charge < -0.3 is 14.2 Å². The Bertz CT molecular complexity index is 879. The number of ether oxygens (including phenoxy) is 3. The summed E-state index contributed by atoms with van der Waals surface area (Å²) in [4.78, 5) is 4.32. The van der Waals surface area contributed by atoms with E-state index in [1.807, 2.05) is 12.1 Å². The molecule has 4 rings (SSSR count). The molecule has 22 heavy (non-hydrogen) atoms. The van der Waals surface area contributed by atoms with Crippen LogP contribution in [0.3, 0.4) is 0 Å². The number of hydrogen-bond acceptors (Lipinski definition) is 4. The van der Waals surface area contributed by atoms with Crippen LogP contribution in [0, 0.1) is 5.82 Å². The number of hydrogen-bond donors (Lipinski definition) is 0. The van der Waals surface area contributed by atoms with Crippen molar-refractivity contribution in [3.8, 4) is 28.4 Å². The second-order valence-corrected chi connectivity index (χ2v) is 4.97. The fourth-order valence-electron chi connectivity index (χ4n) is 2.56. The molecule has 5 heteroatoms. The molecule has 0 amide bonds. The number of halogens is 1. The van der Waals surface area contributed by atoms with E-state index in [0.717, 1.165) is 16.5 Å². The molecule has 0 N–H and O–H groups in total. The molecule has 1 aliphatic heterocycles. The van der Waals surface area contributed by atoms with Crippen molar-refractivity contribution < 1.29 is 18.6 Å². The van der Waals surface area contributed by atoms with Crippen molar-refractivity contribution in [3.63, 3.8) is 0 Å². The lowest BCUT2D eigenvalue weighted by Gasteiger charge is -2.10. The summed E-state index contributed by atoms with van der Waals surface area (Å²) in [6.45, 7) is 0.206. The predicted octanol–water partition coefficient (Wildman–Crippen LogP) is 3.78. The van der Waals surface area contributed by atoms with Gasteiger partial charge in [-0.25, -0.2) is 4.39 Å². The van der Waals surface area contributed by atoms with Crippen LogP contribution in [0.2, 0.25) is 0 Å². The lowest BCUT2D eigenvalue weighted by atomic mass is 10.0. The number of fused-ring (bicyclic) bond motifs is 2. The first kappa shape index (κ1) is 12.9. The normalized spacial score (nSPS) is 12.6. The van der Waals surface area contributed by atoms with Crippen LogP contribution >= 0.6 is 0 Å². The van der Waals surface area contributed by atoms with Crippen molar-refractivity contribution in [2.24, 2.45) is 0 Å². The van der Waals surface area contributed by atoms with Crippen molar-refractivity contribution in [3.05, 3.63) is 48.4 Å². The van der Waals surface area contributed by atoms with E-state index in [-0.39, 0.29) is 12.6 Å². The molecule has 0 spiro atoms. The van der Waals surface area contributed by atoms with Gasteiger partial charge in [0.15, 0.2) is 11.5 Å². The summed E-state index contributed by atoms with van der Waals surface area (Å²) in [6, 6.07) is 10.2. The molecule has 110 valence electrons. The molecule has 3 aromatic rings. The largest absolute Gasteiger partial charge is 0.496 e. The van der Waals surface area contributed by atoms with E-state index >= 15 is 0 Å². The highest BCUT2D eigenvalue weighted by Gasteiger charge is 2.19. The highest BCUT2D eigenvalue weighted by atomic mass is 19.1. The van der Waals surface area contributed by atoms with Gasteiger partial charge in [0.2, 0.25) is 6.79 Å². The Hall–Kier alpha value is -2.82. The maximum atomic E-state index is 13.2. The van der Waals surface area contributed by atoms with Gasteiger partial charge in [-0.2, -0.15) is 0 Å². The van der Waals surface area contributed by atoms with Crippen molar-refractivity contribution >= 4 is 10.9 Å². The zero-order valence-corrected chi connectivity index (χ0v) is 11.8. The van der Waals surface area contributed by atoms with E-state index in [9.17, 15) is 4.39 Å². The second kappa shape index (κ2) is 4.87. The smallest absolute Gasteiger partial charge is 0.231 e. The predicted molar refractivity (Wildman–Crippen MR) is 79.8 cm³/mol. The lowest BCUT2D eigenvalue weighted by Crippen LogP contribution is -1.92. The molecule has 0 aliphatic carbocycles. The Morgan fingerprint density at radius 2 is 1.91 bits per heavy atom. The number of pyridine rings is 1. The van der Waals surface area contributed by atoms with Crippen LogP contribution in [0.4, 0.5) is 4.39 Å². The van der Waals surface area contributed by atoms with Crippen LogP contribution in [-0.4, -0.2) is 18.9 Å². The first-order chi connectivity index (χ1) is 10.7. The number of rotatable bonds is 2. The maximum Gasteiger partial charge on any atom is 0.231 e. The Morgan fingerprint density at radius 1 is 1.09 bits per heavy atom. The van der Waals surface area contributed by atoms with E-state index in [4.69, 9.17) is 14.2 Å². The van der Waals surface area contributed by atoms with Gasteiger partial charge >= 0.3 is 0 Å². The Labute approximate surface area is 126 Å². The minimum Gasteiger partial charge on any atom is -0.496 e. The lowest BCUT2D eigenvalue weighted by molar-refractivity contribution is 0.174. The highest BCUT2D eigenvalue weighted by molar-refractivity contribution is 5.85. The summed E-state index contributed by atoms with van der Waals surface area (Å²) in [5.74, 6) is 1.72. The SMILES string of the molecule is COc1cc2c(cc1-c1cnc3cc(F)ccc3c1)OCO2. The Morgan fingerprint density at radius 3 is 2.73 bits per heavy atom. The molecule has 0 fully saturated rings. The van der Waals surface area contributed by atoms with Crippen molar-refractivity contribution in [2.75, 3.05) is 13.9 Å². The van der Waals surface area contributed by atoms with Gasteiger partial charge in [0.05, 0.1) is 12.6 Å². The van der Waals surface area contributed by atoms with Crippen LogP contribution in [-0.2, 0) is 0 Å². The van der Waals surface area contributed by atoms with Crippen LogP contribution in [0.15, 0.2) is 42.6 Å². The summed E-state index contributed by atoms with van der Waals surface area (Å²) >= 11 is 0. The van der Waals surface area contributed by atoms with Crippen LogP contribution in [0.25, 0.3) is 22.0 Å². The molecule has 1 aliphatic rings. The summed E-state index contributed by atoms with van der Waals surface area (Å²) in [5.41, 5.74) is 2.34. The third-order valence-electron chi connectivity index (χ3n) is 3.65. The molecule has 0 bridgehead atoms. The molecule has 2 aromatic carbocycles. The van der Waals surface area contributed by atoms with Gasteiger partial charge in [0.1, 0.15) is 11.6 Å². The van der Waals surface area contributed by atoms with E-state index in [1.165, 1.54) is 12.1 Å². The molecular weight excluding hydrogens is 285 g/mol. The summed E-state index contributed by atoms with van der Waals surface area (Å²) in [7, 11) is 1.60. The molecule has 0 radical (unpaired) electrons. The average Bonchev–Trinajstić information content (AvgIpc) is 3.00. The molecule has 2 heterocycles. The zero-order chi connectivity index (χ0) is 15.1. The quantitative estimate of drug-likeness (QED) is 0.722. The first-order valence-electron chi connectivity index (χ1n) is 6.78. The van der Waals surface area contributed by atoms with Crippen LogP contribution in [0.5, 0.6) is 17.2 Å². The number of nitrogens with zero attached hydrogens (tertiary/aromatic N) is 1. The van der Waals surface area contributed by atoms with Crippen molar-refractivity contribution in [1.29, 1.82) is 0 Å². The van der Waals surface area contributed by atoms with E-state index in [1.54, 1.807) is 25.4 Å². The van der Waals surface area contributed by atoms with E-state index in [0.29, 0.717) is 22.8 Å². The number of aromatic nitrogens is 1. The topological polar surface area (TPSA) is 40.6 Å². The van der Waals surface area contributed by atoms with Gasteiger partial charge in [0.25, 0.3) is 0 Å². The molecule has 0 saturated heterocycles. The van der Waals surface area contributed by atoms with Crippen molar-refractivity contribution in [2.45, 2.75) is 0 Å². The van der Waals surface area contributed by atoms with E-state index < -0.39 is 0 Å². The van der Waals surface area contributed by atoms with Gasteiger partial charge in [-0.3, -0.25) is 4.98 Å². The minimum atomic E-state index is -0.298. The molecular formula is C17H12FNO3. The maximum absolute atomic E-state index is 13.2. The number of methoxy groups -OCH3 is 1. The number of benzene rings is 2. The Kier molecular flexibility index (Phi) is 2.85. The zero-order valence-electron chi connectivity index (χ0n) is 11.8. The first-order valence-corrected chi connectivity index (χ1v) is 6.78. The second-order valence-electron chi connectivity index (χ2n) is 4.97. The third kappa shape index (κ3) is 2.02. The summed E-state index contributed by atoms with van der Waals surface area (Å²) in [6.07, 6.45) is 1.70. The van der Waals surface area contributed by atoms with Crippen LogP contribution in [0.1, 0.15) is 0 Å². The monoisotopic (exact) mass is 297 g/mol. The van der Waals surface area contributed by atoms with E-state index in [2.05, 4.69) is 4.98 Å². The summed E-state index contributed by atoms with van der Waals surface area (Å²) in [5, 5.41) is 0.860. The van der Waals surface area contributed by atoms with Crippen LogP contribution < -0.4 is 14.2 Å². The third-order valence-corrected chi connectivity index (χ3v) is 3.65.